The zero-order valence-corrected chi connectivity index (χ0v) is 28.0. The number of nitrogens with zero attached hydrogens (tertiary/aromatic N) is 3. The highest BCUT2D eigenvalue weighted by molar-refractivity contribution is 9.13. The number of carbonyl (C=O) groups is 4. The minimum Gasteiger partial charge on any atom is -0.464 e. The van der Waals surface area contributed by atoms with Gasteiger partial charge in [-0.15, -0.1) is 0 Å². The molecule has 236 valence electrons. The first kappa shape index (κ1) is 33.2. The fraction of sp³-hybridized carbons (Fsp3) is 0.655. The highest BCUT2D eigenvalue weighted by Crippen LogP contribution is 2.46. The number of halogens is 2. The summed E-state index contributed by atoms with van der Waals surface area (Å²) >= 11 is 6.56. The monoisotopic (exact) mass is 727 g/mol. The maximum atomic E-state index is 14.1. The van der Waals surface area contributed by atoms with Crippen LogP contribution in [0.5, 0.6) is 0 Å². The van der Waals surface area contributed by atoms with Gasteiger partial charge in [-0.05, 0) is 85.2 Å². The number of amides is 3. The molecule has 3 aliphatic rings. The van der Waals surface area contributed by atoms with Crippen LogP contribution in [0.4, 0.5) is 4.79 Å². The fourth-order valence-electron chi connectivity index (χ4n) is 5.64. The highest BCUT2D eigenvalue weighted by Gasteiger charge is 2.62. The summed E-state index contributed by atoms with van der Waals surface area (Å²) in [7, 11) is 0. The van der Waals surface area contributed by atoms with E-state index >= 15 is 0 Å². The van der Waals surface area contributed by atoms with Gasteiger partial charge in [0.2, 0.25) is 11.8 Å². The first-order valence-corrected chi connectivity index (χ1v) is 16.2. The summed E-state index contributed by atoms with van der Waals surface area (Å²) in [6, 6.07) is -2.62. The summed E-state index contributed by atoms with van der Waals surface area (Å²) in [5.74, 6) is -1.75. The van der Waals surface area contributed by atoms with Gasteiger partial charge in [-0.1, -0.05) is 25.0 Å². The van der Waals surface area contributed by atoms with Crippen molar-refractivity contribution in [2.75, 3.05) is 13.2 Å². The smallest absolute Gasteiger partial charge is 0.408 e. The lowest BCUT2D eigenvalue weighted by Gasteiger charge is -2.30. The van der Waals surface area contributed by atoms with Crippen LogP contribution in [-0.2, 0) is 23.9 Å². The minimum absolute atomic E-state index is 0.000134. The van der Waals surface area contributed by atoms with Crippen molar-refractivity contribution < 1.29 is 28.7 Å². The maximum Gasteiger partial charge on any atom is 0.408 e. The Morgan fingerprint density at radius 2 is 1.93 bits per heavy atom. The Morgan fingerprint density at radius 1 is 1.19 bits per heavy atom. The van der Waals surface area contributed by atoms with Crippen LogP contribution in [0.2, 0.25) is 0 Å². The second-order valence-corrected chi connectivity index (χ2v) is 13.9. The van der Waals surface area contributed by atoms with Crippen LogP contribution >= 0.6 is 31.9 Å². The topological polar surface area (TPSA) is 149 Å². The van der Waals surface area contributed by atoms with Gasteiger partial charge in [-0.2, -0.15) is 5.10 Å². The zero-order valence-electron chi connectivity index (χ0n) is 24.9. The molecule has 1 saturated carbocycles. The molecule has 1 unspecified atom stereocenters. The standard InChI is InChI=1S/C29H39Br2N5O7/c1-5-42-26(40)29-14-17(29)11-9-7-6-8-10-12-20(33-27(41)43-28(2,3)4)24(38)35-16-18(13-21(35)23(37)34-29)36-25(39)22(31)19(30)15-32-36/h9,11,15,17-18,20-21H,5-8,10,12-14,16H2,1-4H3,(H,33,41)(H,34,37)/b11-9-/t17-,18-,20+,21?,29-/m1/s1. The molecule has 4 rings (SSSR count). The summed E-state index contributed by atoms with van der Waals surface area (Å²) in [4.78, 5) is 68.4. The molecular formula is C29H39Br2N5O7. The predicted molar refractivity (Wildman–Crippen MR) is 164 cm³/mol. The van der Waals surface area contributed by atoms with Gasteiger partial charge in [0.15, 0.2) is 0 Å². The van der Waals surface area contributed by atoms with Crippen molar-refractivity contribution >= 4 is 55.7 Å². The summed E-state index contributed by atoms with van der Waals surface area (Å²) in [6.07, 6.45) is 8.62. The summed E-state index contributed by atoms with van der Waals surface area (Å²) in [5.41, 5.74) is -2.42. The normalized spacial score (nSPS) is 28.8. The summed E-state index contributed by atoms with van der Waals surface area (Å²) in [5, 5.41) is 9.89. The van der Waals surface area contributed by atoms with E-state index in [1.54, 1.807) is 27.7 Å². The maximum absolute atomic E-state index is 14.1. The van der Waals surface area contributed by atoms with Gasteiger partial charge in [-0.25, -0.2) is 14.3 Å². The van der Waals surface area contributed by atoms with Crippen molar-refractivity contribution in [3.63, 3.8) is 0 Å². The Morgan fingerprint density at radius 3 is 2.63 bits per heavy atom. The average molecular weight is 729 g/mol. The van der Waals surface area contributed by atoms with Gasteiger partial charge in [0.05, 0.1) is 23.3 Å². The second-order valence-electron chi connectivity index (χ2n) is 12.2. The van der Waals surface area contributed by atoms with Crippen LogP contribution in [0.15, 0.2) is 32.1 Å². The Hall–Kier alpha value is -2.74. The molecule has 43 heavy (non-hydrogen) atoms. The number of allylic oxidation sites excluding steroid dienone is 1. The largest absolute Gasteiger partial charge is 0.464 e. The van der Waals surface area contributed by atoms with E-state index in [1.807, 2.05) is 12.2 Å². The van der Waals surface area contributed by atoms with Crippen LogP contribution in [0.1, 0.15) is 78.7 Å². The molecule has 2 aliphatic heterocycles. The Balaban J connectivity index is 1.70. The van der Waals surface area contributed by atoms with Crippen molar-refractivity contribution in [2.45, 2.75) is 102 Å². The van der Waals surface area contributed by atoms with Gasteiger partial charge in [-0.3, -0.25) is 14.4 Å². The van der Waals surface area contributed by atoms with E-state index in [4.69, 9.17) is 9.47 Å². The lowest BCUT2D eigenvalue weighted by molar-refractivity contribution is -0.150. The number of hydrogen-bond acceptors (Lipinski definition) is 8. The minimum atomic E-state index is -1.22. The molecule has 1 aliphatic carbocycles. The third-order valence-electron chi connectivity index (χ3n) is 7.83. The van der Waals surface area contributed by atoms with Crippen molar-refractivity contribution in [3.05, 3.63) is 37.6 Å². The molecule has 5 atom stereocenters. The van der Waals surface area contributed by atoms with E-state index in [-0.39, 0.29) is 30.0 Å². The van der Waals surface area contributed by atoms with Gasteiger partial charge >= 0.3 is 12.1 Å². The molecule has 12 nitrogen and oxygen atoms in total. The number of fused-ring (bicyclic) bond motifs is 2. The van der Waals surface area contributed by atoms with Crippen molar-refractivity contribution in [3.8, 4) is 0 Å². The predicted octanol–water partition coefficient (Wildman–Crippen LogP) is 3.76. The van der Waals surface area contributed by atoms with Gasteiger partial charge < -0.3 is 25.0 Å². The Kier molecular flexibility index (Phi) is 10.4. The quantitative estimate of drug-likeness (QED) is 0.352. The molecule has 0 radical (unpaired) electrons. The average Bonchev–Trinajstić information content (AvgIpc) is 3.44. The van der Waals surface area contributed by atoms with Crippen LogP contribution in [0, 0.1) is 5.92 Å². The van der Waals surface area contributed by atoms with E-state index in [0.29, 0.717) is 23.7 Å². The number of ether oxygens (including phenoxy) is 2. The molecule has 0 bridgehead atoms. The number of hydrogen-bond donors (Lipinski definition) is 2. The Labute approximate surface area is 267 Å². The molecule has 3 heterocycles. The van der Waals surface area contributed by atoms with Gasteiger partial charge in [0.1, 0.15) is 27.7 Å². The molecular weight excluding hydrogens is 690 g/mol. The lowest BCUT2D eigenvalue weighted by Crippen LogP contribution is -2.56. The number of rotatable bonds is 4. The number of carbonyl (C=O) groups excluding carboxylic acids is 4. The van der Waals surface area contributed by atoms with Crippen LogP contribution < -0.4 is 16.2 Å². The zero-order chi connectivity index (χ0) is 31.5. The van der Waals surface area contributed by atoms with Crippen LogP contribution in [0.25, 0.3) is 0 Å². The van der Waals surface area contributed by atoms with E-state index in [2.05, 4.69) is 47.6 Å². The molecule has 1 aromatic heterocycles. The van der Waals surface area contributed by atoms with E-state index < -0.39 is 58.7 Å². The van der Waals surface area contributed by atoms with Crippen LogP contribution in [0.3, 0.4) is 0 Å². The molecule has 2 N–H and O–H groups in total. The fourth-order valence-corrected chi connectivity index (χ4v) is 6.18. The highest BCUT2D eigenvalue weighted by atomic mass is 79.9. The third-order valence-corrected chi connectivity index (χ3v) is 9.73. The van der Waals surface area contributed by atoms with Crippen molar-refractivity contribution in [1.82, 2.24) is 25.3 Å². The molecule has 2 fully saturated rings. The lowest BCUT2D eigenvalue weighted by atomic mass is 10.0. The number of aromatic nitrogens is 2. The first-order valence-electron chi connectivity index (χ1n) is 14.7. The second kappa shape index (κ2) is 13.5. The SMILES string of the molecule is CCOC(=O)[C@@]12C[C@H]1/C=C\CCCCC[C@H](NC(=O)OC(C)(C)C)C(=O)N1C[C@H](n3ncc(Br)c(Br)c3=O)CC1C(=O)N2. The summed E-state index contributed by atoms with van der Waals surface area (Å²) in [6.45, 7) is 7.06. The molecule has 0 spiro atoms. The number of nitrogens with one attached hydrogen (secondary N) is 2. The number of alkyl carbamates (subject to hydrolysis) is 1. The third kappa shape index (κ3) is 7.68. The molecule has 1 aromatic rings. The molecule has 14 heteroatoms. The summed E-state index contributed by atoms with van der Waals surface area (Å²) < 4.78 is 12.8. The molecule has 0 aromatic carbocycles. The van der Waals surface area contributed by atoms with Gasteiger partial charge in [0.25, 0.3) is 5.56 Å². The van der Waals surface area contributed by atoms with E-state index in [0.717, 1.165) is 19.3 Å². The number of esters is 1. The van der Waals surface area contributed by atoms with Crippen molar-refractivity contribution in [1.29, 1.82) is 0 Å². The van der Waals surface area contributed by atoms with E-state index in [9.17, 15) is 24.0 Å². The first-order chi connectivity index (χ1) is 20.3. The van der Waals surface area contributed by atoms with Crippen LogP contribution in [-0.4, -0.2) is 74.9 Å². The van der Waals surface area contributed by atoms with Crippen molar-refractivity contribution in [2.24, 2.45) is 5.92 Å². The molecule has 1 saturated heterocycles. The van der Waals surface area contributed by atoms with Gasteiger partial charge in [0, 0.05) is 18.9 Å². The van der Waals surface area contributed by atoms with E-state index in [1.165, 1.54) is 15.8 Å². The Bertz CT molecular complexity index is 1340. The molecule has 3 amide bonds.